The van der Waals surface area contributed by atoms with Crippen molar-refractivity contribution >= 4 is 23.8 Å². The van der Waals surface area contributed by atoms with Gasteiger partial charge in [-0.25, -0.2) is 9.21 Å². The number of carbonyl (C=O) groups excluding carboxylic acids is 2. The second-order valence-corrected chi connectivity index (χ2v) is 8.81. The van der Waals surface area contributed by atoms with Gasteiger partial charge in [0, 0.05) is 18.6 Å². The summed E-state index contributed by atoms with van der Waals surface area (Å²) in [6.45, 7) is 4.62. The lowest BCUT2D eigenvalue weighted by Gasteiger charge is -2.26. The van der Waals surface area contributed by atoms with Crippen molar-refractivity contribution in [3.8, 4) is 6.07 Å². The van der Waals surface area contributed by atoms with E-state index in [-0.39, 0.29) is 42.8 Å². The number of hydrogen-bond donors (Lipinski definition) is 1. The Balaban J connectivity index is 1.44. The first kappa shape index (κ1) is 20.2. The predicted molar refractivity (Wildman–Crippen MR) is 101 cm³/mol. The third kappa shape index (κ3) is 4.85. The second kappa shape index (κ2) is 8.66. The number of hydrogen-bond acceptors (Lipinski definition) is 5. The van der Waals surface area contributed by atoms with Crippen molar-refractivity contribution in [2.24, 2.45) is 11.8 Å². The van der Waals surface area contributed by atoms with Gasteiger partial charge in [-0.15, -0.1) is 0 Å². The molecule has 3 fully saturated rings. The molecule has 0 spiro atoms. The van der Waals surface area contributed by atoms with E-state index in [4.69, 9.17) is 21.8 Å². The molecular formula is C19H29ClN4O3. The molecule has 3 aliphatic rings. The molecule has 0 aromatic carbocycles. The summed E-state index contributed by atoms with van der Waals surface area (Å²) in [7, 11) is 0. The Bertz CT molecular complexity index is 594. The van der Waals surface area contributed by atoms with Crippen LogP contribution in [0.1, 0.15) is 52.4 Å². The first-order valence-electron chi connectivity index (χ1n) is 9.96. The molecule has 0 bridgehead atoms. The van der Waals surface area contributed by atoms with Gasteiger partial charge in [0.05, 0.1) is 12.6 Å². The van der Waals surface area contributed by atoms with E-state index in [0.717, 1.165) is 38.5 Å². The number of fused-ring (bicyclic) bond motifs is 1. The maximum Gasteiger partial charge on any atom is 0.407 e. The zero-order chi connectivity index (χ0) is 19.6. The molecule has 27 heavy (non-hydrogen) atoms. The molecule has 2 amide bonds. The lowest BCUT2D eigenvalue weighted by atomic mass is 10.0. The summed E-state index contributed by atoms with van der Waals surface area (Å²) >= 11 is 6.45. The van der Waals surface area contributed by atoms with Crippen LogP contribution in [-0.4, -0.2) is 58.6 Å². The number of rotatable bonds is 5. The molecule has 0 aromatic rings. The first-order chi connectivity index (χ1) is 12.9. The molecule has 7 nitrogen and oxygen atoms in total. The Kier molecular flexibility index (Phi) is 6.48. The summed E-state index contributed by atoms with van der Waals surface area (Å²) in [4.78, 5) is 25.9. The minimum Gasteiger partial charge on any atom is -0.446 e. The Morgan fingerprint density at radius 3 is 2.56 bits per heavy atom. The minimum absolute atomic E-state index is 0.0221. The van der Waals surface area contributed by atoms with Gasteiger partial charge in [0.2, 0.25) is 5.91 Å². The smallest absolute Gasteiger partial charge is 0.407 e. The predicted octanol–water partition coefficient (Wildman–Crippen LogP) is 2.65. The maximum atomic E-state index is 12.5. The van der Waals surface area contributed by atoms with Gasteiger partial charge in [0.15, 0.2) is 0 Å². The molecule has 1 aliphatic heterocycles. The average Bonchev–Trinajstić information content (AvgIpc) is 3.27. The molecule has 1 saturated heterocycles. The highest BCUT2D eigenvalue weighted by molar-refractivity contribution is 6.14. The Morgan fingerprint density at radius 2 is 1.96 bits per heavy atom. The van der Waals surface area contributed by atoms with Crippen LogP contribution in [0.4, 0.5) is 4.79 Å². The van der Waals surface area contributed by atoms with Gasteiger partial charge in [0.1, 0.15) is 12.1 Å². The Morgan fingerprint density at radius 1 is 1.30 bits per heavy atom. The summed E-state index contributed by atoms with van der Waals surface area (Å²) in [5.74, 6) is 0.918. The summed E-state index contributed by atoms with van der Waals surface area (Å²) < 4.78 is 7.16. The van der Waals surface area contributed by atoms with Crippen LogP contribution in [0.5, 0.6) is 0 Å². The molecule has 2 saturated carbocycles. The molecule has 1 N–H and O–H groups in total. The van der Waals surface area contributed by atoms with E-state index >= 15 is 0 Å². The monoisotopic (exact) mass is 396 g/mol. The fourth-order valence-electron chi connectivity index (χ4n) is 4.82. The first-order valence-corrected chi connectivity index (χ1v) is 10.3. The summed E-state index contributed by atoms with van der Waals surface area (Å²) in [6, 6.07) is 2.13. The highest BCUT2D eigenvalue weighted by Crippen LogP contribution is 2.47. The van der Waals surface area contributed by atoms with E-state index in [9.17, 15) is 9.59 Å². The van der Waals surface area contributed by atoms with E-state index in [0.29, 0.717) is 18.4 Å². The van der Waals surface area contributed by atoms with Crippen LogP contribution in [0.2, 0.25) is 0 Å². The summed E-state index contributed by atoms with van der Waals surface area (Å²) in [5.41, 5.74) is 0. The van der Waals surface area contributed by atoms with E-state index in [1.807, 2.05) is 13.8 Å². The second-order valence-electron chi connectivity index (χ2n) is 8.38. The lowest BCUT2D eigenvalue weighted by molar-refractivity contribution is -0.131. The van der Waals surface area contributed by atoms with E-state index in [1.165, 1.54) is 0 Å². The van der Waals surface area contributed by atoms with E-state index in [2.05, 4.69) is 11.4 Å². The number of nitrogens with zero attached hydrogens (tertiary/aromatic N) is 3. The van der Waals surface area contributed by atoms with Crippen molar-refractivity contribution in [3.05, 3.63) is 0 Å². The largest absolute Gasteiger partial charge is 0.446 e. The van der Waals surface area contributed by atoms with Crippen molar-refractivity contribution in [3.63, 3.8) is 0 Å². The topological polar surface area (TPSA) is 85.7 Å². The zero-order valence-electron chi connectivity index (χ0n) is 16.1. The summed E-state index contributed by atoms with van der Waals surface area (Å²) in [5, 5.41) is 11.9. The highest BCUT2D eigenvalue weighted by Gasteiger charge is 2.45. The quantitative estimate of drug-likeness (QED) is 0.722. The van der Waals surface area contributed by atoms with Crippen molar-refractivity contribution in [2.45, 2.75) is 76.6 Å². The SMILES string of the molecule is CC(C)NC(=O)O[C@@H]1C[C@@H]2C[C@H](N(Cl)CC(=O)N3CCC[C@H]3C#N)C[C@@H]2C1. The standard InChI is InChI=1S/C19H29ClN4O3/c1-12(2)22-19(26)27-17-8-13-6-16(7-14(13)9-17)24(20)11-18(25)23-5-3-4-15(23)10-21/h12-17H,3-9,11H2,1-2H3,(H,22,26)/t13-,14+,15-,16-,17+/m0/s1. The number of ether oxygens (including phenoxy) is 1. The van der Waals surface area contributed by atoms with Crippen molar-refractivity contribution in [1.82, 2.24) is 14.6 Å². The van der Waals surface area contributed by atoms with Gasteiger partial charge < -0.3 is 15.0 Å². The third-order valence-electron chi connectivity index (χ3n) is 6.03. The Hall–Kier alpha value is -1.52. The normalized spacial score (nSPS) is 32.6. The molecule has 2 aliphatic carbocycles. The van der Waals surface area contributed by atoms with Crippen LogP contribution in [-0.2, 0) is 9.53 Å². The number of nitriles is 1. The van der Waals surface area contributed by atoms with E-state index < -0.39 is 0 Å². The van der Waals surface area contributed by atoms with Crippen molar-refractivity contribution in [1.29, 1.82) is 5.26 Å². The molecule has 1 heterocycles. The van der Waals surface area contributed by atoms with Gasteiger partial charge in [-0.05, 0) is 76.0 Å². The van der Waals surface area contributed by atoms with Crippen LogP contribution < -0.4 is 5.32 Å². The van der Waals surface area contributed by atoms with Gasteiger partial charge >= 0.3 is 6.09 Å². The molecule has 8 heteroatoms. The fraction of sp³-hybridized carbons (Fsp3) is 0.842. The fourth-order valence-corrected chi connectivity index (χ4v) is 5.09. The minimum atomic E-state index is -0.339. The van der Waals surface area contributed by atoms with Gasteiger partial charge in [-0.2, -0.15) is 5.26 Å². The van der Waals surface area contributed by atoms with Crippen LogP contribution in [0, 0.1) is 23.2 Å². The van der Waals surface area contributed by atoms with Crippen LogP contribution in [0.25, 0.3) is 0 Å². The van der Waals surface area contributed by atoms with Crippen molar-refractivity contribution in [2.75, 3.05) is 13.1 Å². The van der Waals surface area contributed by atoms with Crippen LogP contribution >= 0.6 is 11.8 Å². The number of amides is 2. The molecule has 0 radical (unpaired) electrons. The van der Waals surface area contributed by atoms with Gasteiger partial charge in [-0.3, -0.25) is 4.79 Å². The van der Waals surface area contributed by atoms with Crippen LogP contribution in [0.3, 0.4) is 0 Å². The summed E-state index contributed by atoms with van der Waals surface area (Å²) in [6.07, 6.45) is 4.86. The highest BCUT2D eigenvalue weighted by atomic mass is 35.5. The van der Waals surface area contributed by atoms with Gasteiger partial charge in [-0.1, -0.05) is 0 Å². The average molecular weight is 397 g/mol. The third-order valence-corrected chi connectivity index (χ3v) is 6.43. The number of likely N-dealkylation sites (tertiary alicyclic amines) is 1. The number of alkyl carbamates (subject to hydrolysis) is 1. The maximum absolute atomic E-state index is 12.5. The molecule has 0 unspecified atom stereocenters. The molecule has 5 atom stereocenters. The number of carbonyl (C=O) groups is 2. The molecule has 150 valence electrons. The van der Waals surface area contributed by atoms with E-state index in [1.54, 1.807) is 9.32 Å². The lowest BCUT2D eigenvalue weighted by Crippen LogP contribution is -2.42. The number of halogens is 1. The van der Waals surface area contributed by atoms with Gasteiger partial charge in [0.25, 0.3) is 0 Å². The molecular weight excluding hydrogens is 368 g/mol. The van der Waals surface area contributed by atoms with Crippen molar-refractivity contribution < 1.29 is 14.3 Å². The number of nitrogens with one attached hydrogen (secondary N) is 1. The zero-order valence-corrected chi connectivity index (χ0v) is 16.8. The molecule has 3 rings (SSSR count). The Labute approximate surface area is 166 Å². The van der Waals surface area contributed by atoms with Crippen LogP contribution in [0.15, 0.2) is 0 Å². The molecule has 0 aromatic heterocycles.